The Hall–Kier alpha value is -0.410. The summed E-state index contributed by atoms with van der Waals surface area (Å²) in [7, 11) is 0. The van der Waals surface area contributed by atoms with Gasteiger partial charge < -0.3 is 4.74 Å². The molecule has 1 fully saturated rings. The topological polar surface area (TPSA) is 9.23 Å². The predicted molar refractivity (Wildman–Crippen MR) is 80.1 cm³/mol. The molecule has 1 aromatic rings. The van der Waals surface area contributed by atoms with Crippen LogP contribution in [0.5, 0.6) is 0 Å². The first-order valence-corrected chi connectivity index (χ1v) is 8.34. The zero-order valence-electron chi connectivity index (χ0n) is 11.4. The van der Waals surface area contributed by atoms with Crippen LogP contribution in [-0.2, 0) is 4.74 Å². The van der Waals surface area contributed by atoms with Gasteiger partial charge in [-0.3, -0.25) is 0 Å². The van der Waals surface area contributed by atoms with Crippen LogP contribution in [0.4, 0.5) is 4.39 Å². The van der Waals surface area contributed by atoms with Crippen molar-refractivity contribution >= 4 is 15.9 Å². The van der Waals surface area contributed by atoms with Crippen molar-refractivity contribution in [1.82, 2.24) is 0 Å². The third-order valence-corrected chi connectivity index (χ3v) is 4.68. The molecule has 3 heteroatoms. The summed E-state index contributed by atoms with van der Waals surface area (Å²) >= 11 is 3.46. The Balaban J connectivity index is 2.08. The summed E-state index contributed by atoms with van der Waals surface area (Å²) in [6.45, 7) is 2.22. The van der Waals surface area contributed by atoms with Crippen LogP contribution in [0, 0.1) is 11.7 Å². The highest BCUT2D eigenvalue weighted by Crippen LogP contribution is 2.34. The lowest BCUT2D eigenvalue weighted by molar-refractivity contribution is -0.0535. The van der Waals surface area contributed by atoms with E-state index in [0.29, 0.717) is 16.8 Å². The molecule has 0 heterocycles. The Labute approximate surface area is 123 Å². The summed E-state index contributed by atoms with van der Waals surface area (Å²) in [5, 5.41) is 0.640. The van der Waals surface area contributed by atoms with Crippen LogP contribution in [0.2, 0.25) is 0 Å². The molecule has 0 N–H and O–H groups in total. The number of hydrogen-bond donors (Lipinski definition) is 0. The van der Waals surface area contributed by atoms with E-state index in [0.717, 1.165) is 12.8 Å². The van der Waals surface area contributed by atoms with Gasteiger partial charge in [-0.1, -0.05) is 60.3 Å². The molecular weight excluding hydrogens is 307 g/mol. The average molecular weight is 329 g/mol. The van der Waals surface area contributed by atoms with Gasteiger partial charge in [-0.2, -0.15) is 0 Å². The van der Waals surface area contributed by atoms with Crippen molar-refractivity contribution in [2.45, 2.75) is 51.2 Å². The lowest BCUT2D eigenvalue weighted by Crippen LogP contribution is -2.29. The maximum Gasteiger partial charge on any atom is 0.129 e. The minimum Gasteiger partial charge on any atom is -0.369 e. The van der Waals surface area contributed by atoms with Crippen LogP contribution in [0.3, 0.4) is 0 Å². The van der Waals surface area contributed by atoms with Gasteiger partial charge >= 0.3 is 0 Å². The Morgan fingerprint density at radius 2 is 2.05 bits per heavy atom. The molecule has 0 radical (unpaired) electrons. The third kappa shape index (κ3) is 3.79. The highest BCUT2D eigenvalue weighted by molar-refractivity contribution is 9.09. The van der Waals surface area contributed by atoms with E-state index < -0.39 is 0 Å². The van der Waals surface area contributed by atoms with Crippen molar-refractivity contribution in [2.75, 3.05) is 5.33 Å². The van der Waals surface area contributed by atoms with Gasteiger partial charge in [0.05, 0.1) is 12.2 Å². The van der Waals surface area contributed by atoms with E-state index in [4.69, 9.17) is 4.74 Å². The van der Waals surface area contributed by atoms with Gasteiger partial charge in [0, 0.05) is 10.9 Å². The molecule has 0 aliphatic heterocycles. The molecule has 0 saturated heterocycles. The van der Waals surface area contributed by atoms with Gasteiger partial charge in [-0.25, -0.2) is 4.39 Å². The Morgan fingerprint density at radius 3 is 2.74 bits per heavy atom. The Bertz CT molecular complexity index is 396. The van der Waals surface area contributed by atoms with Crippen LogP contribution in [0.25, 0.3) is 0 Å². The van der Waals surface area contributed by atoms with Gasteiger partial charge in [0.25, 0.3) is 0 Å². The fraction of sp³-hybridized carbons (Fsp3) is 0.625. The second-order valence-corrected chi connectivity index (χ2v) is 5.94. The highest BCUT2D eigenvalue weighted by Gasteiger charge is 2.28. The second-order valence-electron chi connectivity index (χ2n) is 5.29. The molecule has 3 unspecified atom stereocenters. The Kier molecular flexibility index (Phi) is 5.83. The fourth-order valence-corrected chi connectivity index (χ4v) is 3.46. The quantitative estimate of drug-likeness (QED) is 0.671. The predicted octanol–water partition coefficient (Wildman–Crippen LogP) is 5.25. The number of benzene rings is 1. The minimum absolute atomic E-state index is 0.171. The van der Waals surface area contributed by atoms with Crippen molar-refractivity contribution in [2.24, 2.45) is 5.92 Å². The first-order chi connectivity index (χ1) is 9.26. The van der Waals surface area contributed by atoms with Crippen LogP contribution in [0.1, 0.15) is 50.7 Å². The molecule has 0 spiro atoms. The highest BCUT2D eigenvalue weighted by atomic mass is 79.9. The molecule has 1 aliphatic rings. The number of alkyl halides is 1. The Morgan fingerprint density at radius 1 is 1.32 bits per heavy atom. The number of ether oxygens (including phenoxy) is 1. The zero-order chi connectivity index (χ0) is 13.7. The fourth-order valence-electron chi connectivity index (χ4n) is 2.96. The maximum absolute atomic E-state index is 13.9. The van der Waals surface area contributed by atoms with Crippen molar-refractivity contribution in [1.29, 1.82) is 0 Å². The standard InChI is InChI=1S/C16H22BrFO/c1-2-12-7-3-6-10-15(12)19-16(11-17)13-8-4-5-9-14(13)18/h4-5,8-9,12,15-16H,2-3,6-7,10-11H2,1H3. The van der Waals surface area contributed by atoms with E-state index in [1.165, 1.54) is 25.3 Å². The minimum atomic E-state index is -0.182. The lowest BCUT2D eigenvalue weighted by atomic mass is 9.84. The van der Waals surface area contributed by atoms with Crippen molar-refractivity contribution in [3.63, 3.8) is 0 Å². The molecule has 0 bridgehead atoms. The maximum atomic E-state index is 13.9. The normalized spacial score (nSPS) is 25.2. The van der Waals surface area contributed by atoms with Gasteiger partial charge in [0.1, 0.15) is 5.82 Å². The molecule has 2 rings (SSSR count). The lowest BCUT2D eigenvalue weighted by Gasteiger charge is -2.33. The van der Waals surface area contributed by atoms with Crippen LogP contribution in [0.15, 0.2) is 24.3 Å². The summed E-state index contributed by atoms with van der Waals surface area (Å²) in [6, 6.07) is 6.92. The van der Waals surface area contributed by atoms with Gasteiger partial charge in [-0.05, 0) is 24.8 Å². The van der Waals surface area contributed by atoms with E-state index in [1.54, 1.807) is 6.07 Å². The molecule has 1 aromatic carbocycles. The number of hydrogen-bond acceptors (Lipinski definition) is 1. The van der Waals surface area contributed by atoms with E-state index in [9.17, 15) is 4.39 Å². The van der Waals surface area contributed by atoms with Crippen LogP contribution >= 0.6 is 15.9 Å². The molecule has 1 saturated carbocycles. The summed E-state index contributed by atoms with van der Waals surface area (Å²) in [6.07, 6.45) is 6.13. The van der Waals surface area contributed by atoms with Crippen molar-refractivity contribution in [3.8, 4) is 0 Å². The van der Waals surface area contributed by atoms with Crippen LogP contribution in [-0.4, -0.2) is 11.4 Å². The van der Waals surface area contributed by atoms with E-state index in [2.05, 4.69) is 22.9 Å². The molecule has 0 aromatic heterocycles. The summed E-state index contributed by atoms with van der Waals surface area (Å²) in [4.78, 5) is 0. The zero-order valence-corrected chi connectivity index (χ0v) is 13.0. The smallest absolute Gasteiger partial charge is 0.129 e. The second kappa shape index (κ2) is 7.39. The molecular formula is C16H22BrFO. The van der Waals surface area contributed by atoms with Gasteiger partial charge in [-0.15, -0.1) is 0 Å². The van der Waals surface area contributed by atoms with Crippen molar-refractivity contribution < 1.29 is 9.13 Å². The SMILES string of the molecule is CCC1CCCCC1OC(CBr)c1ccccc1F. The molecule has 3 atom stereocenters. The van der Waals surface area contributed by atoms with E-state index in [1.807, 2.05) is 12.1 Å². The number of rotatable bonds is 5. The van der Waals surface area contributed by atoms with Crippen LogP contribution < -0.4 is 0 Å². The molecule has 0 amide bonds. The van der Waals surface area contributed by atoms with E-state index in [-0.39, 0.29) is 18.0 Å². The summed E-state index contributed by atoms with van der Waals surface area (Å²) in [5.74, 6) is 0.456. The van der Waals surface area contributed by atoms with E-state index >= 15 is 0 Å². The number of halogens is 2. The molecule has 1 nitrogen and oxygen atoms in total. The van der Waals surface area contributed by atoms with Crippen molar-refractivity contribution in [3.05, 3.63) is 35.6 Å². The molecule has 1 aliphatic carbocycles. The molecule has 19 heavy (non-hydrogen) atoms. The molecule has 106 valence electrons. The third-order valence-electron chi connectivity index (χ3n) is 4.10. The average Bonchev–Trinajstić information content (AvgIpc) is 2.46. The summed E-state index contributed by atoms with van der Waals surface area (Å²) in [5.41, 5.74) is 0.666. The largest absolute Gasteiger partial charge is 0.369 e. The summed E-state index contributed by atoms with van der Waals surface area (Å²) < 4.78 is 20.1. The van der Waals surface area contributed by atoms with Gasteiger partial charge in [0.15, 0.2) is 0 Å². The monoisotopic (exact) mass is 328 g/mol. The first kappa shape index (κ1) is 15.0. The first-order valence-electron chi connectivity index (χ1n) is 7.22. The van der Waals surface area contributed by atoms with Gasteiger partial charge in [0.2, 0.25) is 0 Å².